The number of hydrogen-bond acceptors (Lipinski definition) is 6. The van der Waals surface area contributed by atoms with Crippen molar-refractivity contribution in [3.8, 4) is 0 Å². The van der Waals surface area contributed by atoms with Crippen molar-refractivity contribution in [1.82, 2.24) is 29.5 Å². The fourth-order valence-electron chi connectivity index (χ4n) is 2.78. The first-order valence-corrected chi connectivity index (χ1v) is 8.74. The van der Waals surface area contributed by atoms with Crippen LogP contribution in [0.2, 0.25) is 0 Å². The van der Waals surface area contributed by atoms with Crippen molar-refractivity contribution in [2.24, 2.45) is 0 Å². The Hall–Kier alpha value is -1.77. The van der Waals surface area contributed by atoms with E-state index in [1.54, 1.807) is 11.3 Å². The molecule has 1 aliphatic rings. The van der Waals surface area contributed by atoms with E-state index in [2.05, 4.69) is 49.5 Å². The number of aromatic amines is 1. The molecule has 4 heterocycles. The molecule has 8 heteroatoms. The van der Waals surface area contributed by atoms with Gasteiger partial charge in [-0.15, -0.1) is 11.3 Å². The van der Waals surface area contributed by atoms with Crippen LogP contribution in [0.1, 0.15) is 43.2 Å². The number of imidazole rings is 1. The fourth-order valence-corrected chi connectivity index (χ4v) is 3.50. The van der Waals surface area contributed by atoms with Crippen molar-refractivity contribution in [3.05, 3.63) is 35.1 Å². The maximum atomic E-state index is 5.87. The van der Waals surface area contributed by atoms with Gasteiger partial charge in [-0.25, -0.2) is 9.97 Å². The average molecular weight is 332 g/mol. The summed E-state index contributed by atoms with van der Waals surface area (Å²) in [7, 11) is 0. The minimum atomic E-state index is -0.0486. The number of ether oxygens (including phenoxy) is 1. The number of aromatic nitrogens is 5. The van der Waals surface area contributed by atoms with Crippen molar-refractivity contribution in [2.45, 2.75) is 32.4 Å². The third kappa shape index (κ3) is 3.01. The number of nitrogens with zero attached hydrogens (tertiary/aromatic N) is 5. The van der Waals surface area contributed by atoms with Crippen molar-refractivity contribution < 1.29 is 4.74 Å². The van der Waals surface area contributed by atoms with Gasteiger partial charge in [-0.2, -0.15) is 5.10 Å². The van der Waals surface area contributed by atoms with Crippen LogP contribution in [0.25, 0.3) is 4.96 Å². The molecule has 4 rings (SSSR count). The highest BCUT2D eigenvalue weighted by molar-refractivity contribution is 7.15. The molecule has 3 aromatic heterocycles. The molecule has 0 saturated carbocycles. The zero-order chi connectivity index (χ0) is 15.8. The number of morpholine rings is 1. The lowest BCUT2D eigenvalue weighted by atomic mass is 10.2. The molecule has 1 fully saturated rings. The highest BCUT2D eigenvalue weighted by Crippen LogP contribution is 2.22. The number of fused-ring (bicyclic) bond motifs is 1. The maximum Gasteiger partial charge on any atom is 0.193 e. The Labute approximate surface area is 138 Å². The van der Waals surface area contributed by atoms with Gasteiger partial charge in [0.1, 0.15) is 6.10 Å². The number of hydrogen-bond donors (Lipinski definition) is 1. The van der Waals surface area contributed by atoms with Gasteiger partial charge in [0.05, 0.1) is 12.3 Å². The quantitative estimate of drug-likeness (QED) is 0.793. The third-order valence-corrected chi connectivity index (χ3v) is 4.79. The lowest BCUT2D eigenvalue weighted by Crippen LogP contribution is -2.38. The number of H-pyrrole nitrogens is 1. The first-order valence-electron chi connectivity index (χ1n) is 7.86. The summed E-state index contributed by atoms with van der Waals surface area (Å²) in [6.07, 6.45) is 4.09. The van der Waals surface area contributed by atoms with Crippen LogP contribution in [-0.2, 0) is 11.3 Å². The third-order valence-electron chi connectivity index (χ3n) is 4.02. The van der Waals surface area contributed by atoms with Crippen LogP contribution in [0, 0.1) is 0 Å². The fraction of sp³-hybridized carbons (Fsp3) is 0.533. The second-order valence-corrected chi connectivity index (χ2v) is 7.03. The minimum absolute atomic E-state index is 0.0486. The topological polar surface area (TPSA) is 71.3 Å². The smallest absolute Gasteiger partial charge is 0.193 e. The van der Waals surface area contributed by atoms with Gasteiger partial charge in [0.2, 0.25) is 0 Å². The molecule has 1 unspecified atom stereocenters. The zero-order valence-electron chi connectivity index (χ0n) is 13.3. The summed E-state index contributed by atoms with van der Waals surface area (Å²) in [4.78, 5) is 12.6. The highest BCUT2D eigenvalue weighted by atomic mass is 32.1. The monoisotopic (exact) mass is 332 g/mol. The Morgan fingerprint density at radius 3 is 3.13 bits per heavy atom. The first-order chi connectivity index (χ1) is 11.2. The summed E-state index contributed by atoms with van der Waals surface area (Å²) in [6.45, 7) is 7.42. The Bertz CT molecular complexity index is 762. The molecule has 1 atom stereocenters. The molecule has 0 radical (unpaired) electrons. The molecular formula is C15H20N6OS. The van der Waals surface area contributed by atoms with Gasteiger partial charge in [0.25, 0.3) is 0 Å². The van der Waals surface area contributed by atoms with Gasteiger partial charge in [0.15, 0.2) is 16.6 Å². The van der Waals surface area contributed by atoms with Gasteiger partial charge in [0, 0.05) is 43.3 Å². The minimum Gasteiger partial charge on any atom is -0.368 e. The molecular weight excluding hydrogens is 312 g/mol. The summed E-state index contributed by atoms with van der Waals surface area (Å²) in [5.74, 6) is 1.98. The molecule has 23 heavy (non-hydrogen) atoms. The molecule has 0 aliphatic carbocycles. The highest BCUT2D eigenvalue weighted by Gasteiger charge is 2.25. The van der Waals surface area contributed by atoms with E-state index in [1.165, 1.54) is 0 Å². The van der Waals surface area contributed by atoms with Crippen LogP contribution >= 0.6 is 11.3 Å². The molecule has 1 N–H and O–H groups in total. The summed E-state index contributed by atoms with van der Waals surface area (Å²) in [6, 6.07) is 0. The Kier molecular flexibility index (Phi) is 3.88. The van der Waals surface area contributed by atoms with Crippen LogP contribution in [0.4, 0.5) is 0 Å². The number of thiazole rings is 1. The molecule has 7 nitrogen and oxygen atoms in total. The standard InChI is InChI=1S/C15H20N6OS/c1-10(2)13-17-14(19-18-13)12-9-20(3-5-22-12)7-11-8-21-4-6-23-15(21)16-11/h4,6,8,10,12H,3,5,7,9H2,1-2H3,(H,17,18,19). The van der Waals surface area contributed by atoms with Gasteiger partial charge in [-0.05, 0) is 0 Å². The number of rotatable bonds is 4. The molecule has 3 aromatic rings. The van der Waals surface area contributed by atoms with Crippen LogP contribution in [0.15, 0.2) is 17.8 Å². The Balaban J connectivity index is 1.44. The van der Waals surface area contributed by atoms with Crippen molar-refractivity contribution in [1.29, 1.82) is 0 Å². The van der Waals surface area contributed by atoms with Crippen LogP contribution in [0.3, 0.4) is 0 Å². The van der Waals surface area contributed by atoms with Gasteiger partial charge < -0.3 is 4.74 Å². The Morgan fingerprint density at radius 2 is 2.35 bits per heavy atom. The van der Waals surface area contributed by atoms with E-state index in [9.17, 15) is 0 Å². The predicted octanol–water partition coefficient (Wildman–Crippen LogP) is 2.21. The average Bonchev–Trinajstić information content (AvgIpc) is 3.22. The van der Waals surface area contributed by atoms with E-state index in [-0.39, 0.29) is 6.10 Å². The SMILES string of the molecule is CC(C)c1n[nH]c(C2CN(Cc3cn4ccsc4n3)CCO2)n1. The van der Waals surface area contributed by atoms with Crippen LogP contribution < -0.4 is 0 Å². The largest absolute Gasteiger partial charge is 0.368 e. The molecule has 1 aliphatic heterocycles. The van der Waals surface area contributed by atoms with Crippen LogP contribution in [0.5, 0.6) is 0 Å². The molecule has 0 amide bonds. The summed E-state index contributed by atoms with van der Waals surface area (Å²) in [5, 5.41) is 9.35. The molecule has 0 bridgehead atoms. The van der Waals surface area contributed by atoms with Crippen molar-refractivity contribution in [3.63, 3.8) is 0 Å². The first kappa shape index (κ1) is 14.8. The predicted molar refractivity (Wildman–Crippen MR) is 87.5 cm³/mol. The zero-order valence-corrected chi connectivity index (χ0v) is 14.1. The van der Waals surface area contributed by atoms with E-state index in [0.29, 0.717) is 12.5 Å². The van der Waals surface area contributed by atoms with Gasteiger partial charge >= 0.3 is 0 Å². The summed E-state index contributed by atoms with van der Waals surface area (Å²) >= 11 is 1.66. The second-order valence-electron chi connectivity index (χ2n) is 6.15. The van der Waals surface area contributed by atoms with Crippen LogP contribution in [-0.4, -0.2) is 49.2 Å². The lowest BCUT2D eigenvalue weighted by Gasteiger charge is -2.31. The maximum absolute atomic E-state index is 5.87. The van der Waals surface area contributed by atoms with E-state index < -0.39 is 0 Å². The van der Waals surface area contributed by atoms with E-state index in [4.69, 9.17) is 4.74 Å². The second kappa shape index (κ2) is 6.03. The number of nitrogens with one attached hydrogen (secondary N) is 1. The summed E-state index contributed by atoms with van der Waals surface area (Å²) in [5.41, 5.74) is 1.10. The lowest BCUT2D eigenvalue weighted by molar-refractivity contribution is -0.0374. The van der Waals surface area contributed by atoms with Gasteiger partial charge in [-0.3, -0.25) is 14.4 Å². The van der Waals surface area contributed by atoms with Crippen molar-refractivity contribution in [2.75, 3.05) is 19.7 Å². The molecule has 0 spiro atoms. The van der Waals surface area contributed by atoms with E-state index in [0.717, 1.165) is 41.9 Å². The normalized spacial score (nSPS) is 19.9. The molecule has 0 aromatic carbocycles. The van der Waals surface area contributed by atoms with E-state index in [1.807, 2.05) is 11.6 Å². The van der Waals surface area contributed by atoms with Crippen molar-refractivity contribution >= 4 is 16.3 Å². The summed E-state index contributed by atoms with van der Waals surface area (Å²) < 4.78 is 7.94. The molecule has 122 valence electrons. The Morgan fingerprint density at radius 1 is 1.43 bits per heavy atom. The van der Waals surface area contributed by atoms with Gasteiger partial charge in [-0.1, -0.05) is 13.8 Å². The molecule has 1 saturated heterocycles. The van der Waals surface area contributed by atoms with E-state index >= 15 is 0 Å².